The fourth-order valence-corrected chi connectivity index (χ4v) is 1.56. The summed E-state index contributed by atoms with van der Waals surface area (Å²) in [6.45, 7) is 3.40. The van der Waals surface area contributed by atoms with Gasteiger partial charge in [0.15, 0.2) is 5.78 Å². The molecule has 1 unspecified atom stereocenters. The van der Waals surface area contributed by atoms with E-state index >= 15 is 0 Å². The molecule has 1 rings (SSSR count). The van der Waals surface area contributed by atoms with Crippen LogP contribution < -0.4 is 5.32 Å². The lowest BCUT2D eigenvalue weighted by Gasteiger charge is -2.11. The van der Waals surface area contributed by atoms with Crippen molar-refractivity contribution in [2.24, 2.45) is 0 Å². The molecule has 18 heavy (non-hydrogen) atoms. The smallest absolute Gasteiger partial charge is 0.224 e. The van der Waals surface area contributed by atoms with E-state index in [1.54, 1.807) is 31.4 Å². The van der Waals surface area contributed by atoms with Crippen LogP contribution in [-0.4, -0.2) is 24.9 Å². The summed E-state index contributed by atoms with van der Waals surface area (Å²) >= 11 is 0. The van der Waals surface area contributed by atoms with Gasteiger partial charge in [-0.15, -0.1) is 0 Å². The fraction of sp³-hybridized carbons (Fsp3) is 0.429. The lowest BCUT2D eigenvalue weighted by molar-refractivity contribution is -0.116. The van der Waals surface area contributed by atoms with Gasteiger partial charge in [0, 0.05) is 19.1 Å². The first kappa shape index (κ1) is 14.4. The monoisotopic (exact) mass is 249 g/mol. The van der Waals surface area contributed by atoms with E-state index in [-0.39, 0.29) is 17.8 Å². The summed E-state index contributed by atoms with van der Waals surface area (Å²) in [7, 11) is 1.62. The highest BCUT2D eigenvalue weighted by atomic mass is 16.5. The summed E-state index contributed by atoms with van der Waals surface area (Å²) < 4.78 is 5.08. The minimum atomic E-state index is -0.104. The number of carbonyl (C=O) groups is 2. The van der Waals surface area contributed by atoms with Crippen LogP contribution >= 0.6 is 0 Å². The minimum absolute atomic E-state index is 0.0544. The molecule has 4 heteroatoms. The summed E-state index contributed by atoms with van der Waals surface area (Å²) in [5.74, 6) is -0.163. The largest absolute Gasteiger partial charge is 0.382 e. The standard InChI is InChI=1S/C14H19NO3/c1-10(18-3)8-9-14(17)15-13-7-5-4-6-12(13)11(2)16/h4-7,10H,8-9H2,1-3H3,(H,15,17). The first-order valence-corrected chi connectivity index (χ1v) is 5.97. The van der Waals surface area contributed by atoms with Crippen LogP contribution in [0.5, 0.6) is 0 Å². The van der Waals surface area contributed by atoms with Crippen LogP contribution in [0.1, 0.15) is 37.0 Å². The summed E-state index contributed by atoms with van der Waals surface area (Å²) in [5, 5.41) is 2.76. The van der Waals surface area contributed by atoms with Crippen LogP contribution in [0.4, 0.5) is 5.69 Å². The second-order valence-electron chi connectivity index (χ2n) is 4.23. The van der Waals surface area contributed by atoms with Crippen molar-refractivity contribution in [1.82, 2.24) is 0 Å². The first-order chi connectivity index (χ1) is 8.54. The van der Waals surface area contributed by atoms with E-state index in [0.29, 0.717) is 24.1 Å². The molecule has 0 aromatic heterocycles. The number of benzene rings is 1. The van der Waals surface area contributed by atoms with Gasteiger partial charge in [-0.25, -0.2) is 0 Å². The summed E-state index contributed by atoms with van der Waals surface area (Å²) in [4.78, 5) is 23.1. The molecule has 0 aliphatic rings. The molecule has 0 spiro atoms. The normalized spacial score (nSPS) is 11.9. The van der Waals surface area contributed by atoms with Gasteiger partial charge in [-0.2, -0.15) is 0 Å². The van der Waals surface area contributed by atoms with Crippen molar-refractivity contribution in [3.05, 3.63) is 29.8 Å². The van der Waals surface area contributed by atoms with E-state index in [0.717, 1.165) is 0 Å². The third-order valence-electron chi connectivity index (χ3n) is 2.76. The number of hydrogen-bond donors (Lipinski definition) is 1. The highest BCUT2D eigenvalue weighted by Crippen LogP contribution is 2.16. The summed E-state index contributed by atoms with van der Waals surface area (Å²) in [6, 6.07) is 7.00. The van der Waals surface area contributed by atoms with Crippen molar-refractivity contribution in [3.63, 3.8) is 0 Å². The second kappa shape index (κ2) is 6.91. The molecular weight excluding hydrogens is 230 g/mol. The van der Waals surface area contributed by atoms with E-state index in [9.17, 15) is 9.59 Å². The van der Waals surface area contributed by atoms with Crippen molar-refractivity contribution in [2.45, 2.75) is 32.8 Å². The number of rotatable bonds is 6. The van der Waals surface area contributed by atoms with Crippen molar-refractivity contribution < 1.29 is 14.3 Å². The van der Waals surface area contributed by atoms with Crippen molar-refractivity contribution in [2.75, 3.05) is 12.4 Å². The predicted octanol–water partition coefficient (Wildman–Crippen LogP) is 2.64. The molecule has 0 heterocycles. The summed E-state index contributed by atoms with van der Waals surface area (Å²) in [6.07, 6.45) is 1.09. The van der Waals surface area contributed by atoms with E-state index in [4.69, 9.17) is 4.74 Å². The molecule has 0 aliphatic heterocycles. The number of nitrogens with one attached hydrogen (secondary N) is 1. The molecule has 0 saturated carbocycles. The molecular formula is C14H19NO3. The number of methoxy groups -OCH3 is 1. The van der Waals surface area contributed by atoms with Crippen molar-refractivity contribution in [1.29, 1.82) is 0 Å². The molecule has 0 bridgehead atoms. The topological polar surface area (TPSA) is 55.4 Å². The minimum Gasteiger partial charge on any atom is -0.382 e. The Balaban J connectivity index is 2.62. The van der Waals surface area contributed by atoms with Gasteiger partial charge in [-0.3, -0.25) is 9.59 Å². The molecule has 0 aliphatic carbocycles. The maximum Gasteiger partial charge on any atom is 0.224 e. The van der Waals surface area contributed by atoms with Gasteiger partial charge in [-0.1, -0.05) is 12.1 Å². The lowest BCUT2D eigenvalue weighted by atomic mass is 10.1. The zero-order valence-corrected chi connectivity index (χ0v) is 11.0. The van der Waals surface area contributed by atoms with Gasteiger partial charge in [0.2, 0.25) is 5.91 Å². The average Bonchev–Trinajstić information content (AvgIpc) is 2.36. The zero-order valence-electron chi connectivity index (χ0n) is 11.0. The van der Waals surface area contributed by atoms with E-state index < -0.39 is 0 Å². The number of carbonyl (C=O) groups excluding carboxylic acids is 2. The molecule has 0 saturated heterocycles. The van der Waals surface area contributed by atoms with Gasteiger partial charge in [0.1, 0.15) is 0 Å². The maximum atomic E-state index is 11.7. The highest BCUT2D eigenvalue weighted by Gasteiger charge is 2.10. The van der Waals surface area contributed by atoms with Gasteiger partial charge in [-0.05, 0) is 32.4 Å². The predicted molar refractivity (Wildman–Crippen MR) is 70.8 cm³/mol. The molecule has 1 N–H and O–H groups in total. The Morgan fingerprint density at radius 2 is 2.00 bits per heavy atom. The van der Waals surface area contributed by atoms with Crippen LogP contribution in [0.15, 0.2) is 24.3 Å². The second-order valence-corrected chi connectivity index (χ2v) is 4.23. The Kier molecular flexibility index (Phi) is 5.52. The quantitative estimate of drug-likeness (QED) is 0.788. The van der Waals surface area contributed by atoms with E-state index in [1.165, 1.54) is 6.92 Å². The average molecular weight is 249 g/mol. The molecule has 1 aromatic carbocycles. The van der Waals surface area contributed by atoms with Crippen LogP contribution in [0.2, 0.25) is 0 Å². The Labute approximate surface area is 107 Å². The number of ether oxygens (including phenoxy) is 1. The maximum absolute atomic E-state index is 11.7. The molecule has 1 atom stereocenters. The zero-order chi connectivity index (χ0) is 13.5. The van der Waals surface area contributed by atoms with Crippen LogP contribution in [0.25, 0.3) is 0 Å². The number of anilines is 1. The third kappa shape index (κ3) is 4.30. The molecule has 0 fully saturated rings. The molecule has 1 aromatic rings. The van der Waals surface area contributed by atoms with Gasteiger partial charge >= 0.3 is 0 Å². The van der Waals surface area contributed by atoms with E-state index in [1.807, 2.05) is 6.92 Å². The van der Waals surface area contributed by atoms with Gasteiger partial charge in [0.25, 0.3) is 0 Å². The molecule has 0 radical (unpaired) electrons. The Morgan fingerprint density at radius 3 is 2.61 bits per heavy atom. The Hall–Kier alpha value is -1.68. The number of amides is 1. The Bertz CT molecular complexity index is 429. The Morgan fingerprint density at radius 1 is 1.33 bits per heavy atom. The van der Waals surface area contributed by atoms with Gasteiger partial charge < -0.3 is 10.1 Å². The van der Waals surface area contributed by atoms with Crippen LogP contribution in [0.3, 0.4) is 0 Å². The molecule has 98 valence electrons. The number of para-hydroxylation sites is 1. The van der Waals surface area contributed by atoms with E-state index in [2.05, 4.69) is 5.32 Å². The third-order valence-corrected chi connectivity index (χ3v) is 2.76. The first-order valence-electron chi connectivity index (χ1n) is 5.97. The summed E-state index contributed by atoms with van der Waals surface area (Å²) in [5.41, 5.74) is 1.10. The number of Topliss-reactive ketones (excluding diaryl/α,β-unsaturated/α-hetero) is 1. The van der Waals surface area contributed by atoms with Crippen LogP contribution in [-0.2, 0) is 9.53 Å². The van der Waals surface area contributed by atoms with Crippen molar-refractivity contribution >= 4 is 17.4 Å². The van der Waals surface area contributed by atoms with Crippen LogP contribution in [0, 0.1) is 0 Å². The SMILES string of the molecule is COC(C)CCC(=O)Nc1ccccc1C(C)=O. The lowest BCUT2D eigenvalue weighted by Crippen LogP contribution is -2.16. The number of ketones is 1. The fourth-order valence-electron chi connectivity index (χ4n) is 1.56. The van der Waals surface area contributed by atoms with Gasteiger partial charge in [0.05, 0.1) is 11.8 Å². The molecule has 1 amide bonds. The number of hydrogen-bond acceptors (Lipinski definition) is 3. The highest BCUT2D eigenvalue weighted by molar-refractivity contribution is 6.03. The molecule has 4 nitrogen and oxygen atoms in total. The van der Waals surface area contributed by atoms with Crippen molar-refractivity contribution in [3.8, 4) is 0 Å².